The molecule has 0 spiro atoms. The molecule has 1 fully saturated rings. The van der Waals surface area contributed by atoms with Crippen LogP contribution in [0.5, 0.6) is 0 Å². The van der Waals surface area contributed by atoms with E-state index in [1.165, 1.54) is 31.9 Å². The molecule has 2 rings (SSSR count). The lowest BCUT2D eigenvalue weighted by molar-refractivity contribution is -0.122. The number of hydrogen-bond acceptors (Lipinski definition) is 3. The molecule has 2 N–H and O–H groups in total. The van der Waals surface area contributed by atoms with Crippen LogP contribution in [0.3, 0.4) is 0 Å². The molecular weight excluding hydrogens is 216 g/mol. The van der Waals surface area contributed by atoms with Gasteiger partial charge in [0.05, 0.1) is 12.5 Å². The Morgan fingerprint density at radius 3 is 2.53 bits per heavy atom. The summed E-state index contributed by atoms with van der Waals surface area (Å²) in [5.74, 6) is 0.0874. The third-order valence-corrected chi connectivity index (χ3v) is 2.81. The average Bonchev–Trinajstić information content (AvgIpc) is 2.77. The van der Waals surface area contributed by atoms with Gasteiger partial charge >= 0.3 is 0 Å². The van der Waals surface area contributed by atoms with Crippen molar-refractivity contribution in [2.45, 2.75) is 38.5 Å². The van der Waals surface area contributed by atoms with Crippen molar-refractivity contribution >= 4 is 12.1 Å². The van der Waals surface area contributed by atoms with Gasteiger partial charge in [0, 0.05) is 12.1 Å². The minimum absolute atomic E-state index is 0.0955. The predicted octanol–water partition coefficient (Wildman–Crippen LogP) is 2.51. The number of rotatable bonds is 1. The fourth-order valence-electron chi connectivity index (χ4n) is 1.86. The second-order valence-electron chi connectivity index (χ2n) is 4.14. The third-order valence-electron chi connectivity index (χ3n) is 2.81. The molecule has 4 nitrogen and oxygen atoms in total. The van der Waals surface area contributed by atoms with Crippen molar-refractivity contribution in [2.24, 2.45) is 16.6 Å². The smallest absolute Gasteiger partial charge is 0.220 e. The zero-order valence-corrected chi connectivity index (χ0v) is 10.0. The Morgan fingerprint density at radius 2 is 1.88 bits per heavy atom. The van der Waals surface area contributed by atoms with E-state index in [4.69, 9.17) is 10.5 Å². The molecule has 17 heavy (non-hydrogen) atoms. The van der Waals surface area contributed by atoms with Crippen molar-refractivity contribution < 1.29 is 9.53 Å². The highest BCUT2D eigenvalue weighted by molar-refractivity contribution is 5.76. The number of allylic oxidation sites excluding steroid dienone is 1. The maximum Gasteiger partial charge on any atom is 0.220 e. The number of nitrogens with zero attached hydrogens (tertiary/aromatic N) is 1. The van der Waals surface area contributed by atoms with E-state index in [2.05, 4.69) is 4.99 Å². The van der Waals surface area contributed by atoms with Gasteiger partial charge in [-0.1, -0.05) is 25.7 Å². The highest BCUT2D eigenvalue weighted by Crippen LogP contribution is 2.21. The minimum atomic E-state index is -0.0955. The van der Waals surface area contributed by atoms with Gasteiger partial charge in [0.15, 0.2) is 0 Å². The Balaban J connectivity index is 0.000000181. The molecule has 0 aromatic rings. The summed E-state index contributed by atoms with van der Waals surface area (Å²) in [6.45, 7) is 0. The zero-order chi connectivity index (χ0) is 12.3. The van der Waals surface area contributed by atoms with Crippen molar-refractivity contribution in [3.63, 3.8) is 0 Å². The van der Waals surface area contributed by atoms with Gasteiger partial charge in [0.2, 0.25) is 5.91 Å². The average molecular weight is 236 g/mol. The molecule has 0 saturated heterocycles. The van der Waals surface area contributed by atoms with Crippen LogP contribution >= 0.6 is 0 Å². The fraction of sp³-hybridized carbons (Fsp3) is 0.538. The summed E-state index contributed by atoms with van der Waals surface area (Å²) in [4.78, 5) is 14.5. The van der Waals surface area contributed by atoms with Gasteiger partial charge in [-0.05, 0) is 18.9 Å². The maximum atomic E-state index is 10.7. The third kappa shape index (κ3) is 6.56. The number of ether oxygens (including phenoxy) is 1. The van der Waals surface area contributed by atoms with Gasteiger partial charge in [-0.3, -0.25) is 9.79 Å². The molecule has 94 valence electrons. The Morgan fingerprint density at radius 1 is 1.18 bits per heavy atom. The molecule has 0 bridgehead atoms. The van der Waals surface area contributed by atoms with Crippen LogP contribution in [0.25, 0.3) is 0 Å². The highest BCUT2D eigenvalue weighted by atomic mass is 16.5. The number of nitrogens with two attached hydrogens (primary N) is 1. The molecule has 1 aliphatic heterocycles. The first kappa shape index (κ1) is 13.5. The van der Waals surface area contributed by atoms with E-state index in [0.29, 0.717) is 0 Å². The van der Waals surface area contributed by atoms with Gasteiger partial charge in [0.25, 0.3) is 0 Å². The molecule has 0 unspecified atom stereocenters. The summed E-state index contributed by atoms with van der Waals surface area (Å²) in [5, 5.41) is 0. The van der Waals surface area contributed by atoms with E-state index in [0.717, 1.165) is 12.8 Å². The molecule has 1 amide bonds. The summed E-state index contributed by atoms with van der Waals surface area (Å²) >= 11 is 0. The van der Waals surface area contributed by atoms with Gasteiger partial charge < -0.3 is 10.5 Å². The lowest BCUT2D eigenvalue weighted by Gasteiger charge is -2.07. The van der Waals surface area contributed by atoms with Crippen molar-refractivity contribution in [1.29, 1.82) is 0 Å². The second kappa shape index (κ2) is 8.56. The lowest BCUT2D eigenvalue weighted by atomic mass is 10.0. The quantitative estimate of drug-likeness (QED) is 0.711. The molecule has 0 aromatic heterocycles. The topological polar surface area (TPSA) is 64.7 Å². The Hall–Kier alpha value is -1.58. The van der Waals surface area contributed by atoms with Crippen molar-refractivity contribution in [1.82, 2.24) is 0 Å². The van der Waals surface area contributed by atoms with Gasteiger partial charge in [-0.15, -0.1) is 0 Å². The number of amides is 1. The molecule has 1 heterocycles. The van der Waals surface area contributed by atoms with E-state index in [-0.39, 0.29) is 11.8 Å². The van der Waals surface area contributed by atoms with Gasteiger partial charge in [0.1, 0.15) is 6.26 Å². The van der Waals surface area contributed by atoms with Crippen LogP contribution in [0, 0.1) is 5.92 Å². The number of carbonyl (C=O) groups is 1. The maximum absolute atomic E-state index is 10.7. The normalized spacial score (nSPS) is 19.5. The van der Waals surface area contributed by atoms with Crippen LogP contribution in [0.15, 0.2) is 29.8 Å². The first-order valence-electron chi connectivity index (χ1n) is 6.09. The first-order valence-corrected chi connectivity index (χ1v) is 6.09. The predicted molar refractivity (Wildman–Crippen MR) is 68.2 cm³/mol. The van der Waals surface area contributed by atoms with Crippen LogP contribution in [0.1, 0.15) is 38.5 Å². The van der Waals surface area contributed by atoms with Gasteiger partial charge in [-0.2, -0.15) is 0 Å². The van der Waals surface area contributed by atoms with Crippen LogP contribution < -0.4 is 5.73 Å². The highest BCUT2D eigenvalue weighted by Gasteiger charge is 2.16. The second-order valence-corrected chi connectivity index (χ2v) is 4.14. The van der Waals surface area contributed by atoms with E-state index in [1.807, 2.05) is 0 Å². The Kier molecular flexibility index (Phi) is 6.79. The summed E-state index contributed by atoms with van der Waals surface area (Å²) in [7, 11) is 0. The molecule has 1 saturated carbocycles. The van der Waals surface area contributed by atoms with Crippen LogP contribution in [0.4, 0.5) is 0 Å². The number of aliphatic imine (C=N–C) groups is 1. The van der Waals surface area contributed by atoms with E-state index < -0.39 is 0 Å². The first-order chi connectivity index (χ1) is 8.30. The van der Waals surface area contributed by atoms with Crippen molar-refractivity contribution in [3.8, 4) is 0 Å². The Labute approximate surface area is 102 Å². The summed E-state index contributed by atoms with van der Waals surface area (Å²) in [6.07, 6.45) is 15.0. The monoisotopic (exact) mass is 236 g/mol. The molecule has 4 heteroatoms. The van der Waals surface area contributed by atoms with E-state index in [9.17, 15) is 4.79 Å². The van der Waals surface area contributed by atoms with E-state index >= 15 is 0 Å². The molecule has 0 atom stereocenters. The largest absolute Gasteiger partial charge is 0.471 e. The summed E-state index contributed by atoms with van der Waals surface area (Å²) in [5.41, 5.74) is 5.20. The molecular formula is C13H20N2O2. The Bertz CT molecular complexity index is 287. The van der Waals surface area contributed by atoms with Crippen molar-refractivity contribution in [3.05, 3.63) is 24.8 Å². The number of primary amides is 1. The summed E-state index contributed by atoms with van der Waals surface area (Å²) < 4.78 is 4.71. The standard InChI is InChI=1S/C8H15NO.C5H5NO/c9-8(10)7-5-3-1-2-4-6-7;1-2-6-3-5-7-4-1/h7H,1-6H2,(H2,9,10);1-5H. The zero-order valence-electron chi connectivity index (χ0n) is 10.0. The SMILES string of the molecule is C1=COC=CN=C1.NC(=O)C1CCCCCC1. The number of carbonyl (C=O) groups excluding carboxylic acids is 1. The lowest BCUT2D eigenvalue weighted by Crippen LogP contribution is -2.22. The van der Waals surface area contributed by atoms with Crippen LogP contribution in [-0.2, 0) is 9.53 Å². The summed E-state index contributed by atoms with van der Waals surface area (Å²) in [6, 6.07) is 0. The molecule has 0 radical (unpaired) electrons. The van der Waals surface area contributed by atoms with Crippen LogP contribution in [-0.4, -0.2) is 12.1 Å². The molecule has 2 aliphatic rings. The molecule has 0 aromatic carbocycles. The molecule has 1 aliphatic carbocycles. The van der Waals surface area contributed by atoms with Crippen molar-refractivity contribution in [2.75, 3.05) is 0 Å². The van der Waals surface area contributed by atoms with E-state index in [1.54, 1.807) is 24.8 Å². The number of hydrogen-bond donors (Lipinski definition) is 1. The van der Waals surface area contributed by atoms with Gasteiger partial charge in [-0.25, -0.2) is 0 Å². The van der Waals surface area contributed by atoms with Crippen LogP contribution in [0.2, 0.25) is 0 Å². The fourth-order valence-corrected chi connectivity index (χ4v) is 1.86. The minimum Gasteiger partial charge on any atom is -0.471 e.